The molecule has 1 saturated carbocycles. The molecular formula is C9H17I. The molecule has 1 fully saturated rings. The van der Waals surface area contributed by atoms with E-state index in [2.05, 4.69) is 43.4 Å². The summed E-state index contributed by atoms with van der Waals surface area (Å²) < 4.78 is 0.951. The van der Waals surface area contributed by atoms with E-state index in [0.717, 1.165) is 21.7 Å². The van der Waals surface area contributed by atoms with Crippen molar-refractivity contribution in [2.45, 2.75) is 37.5 Å². The average Bonchev–Trinajstić information content (AvgIpc) is 2.09. The van der Waals surface area contributed by atoms with Gasteiger partial charge in [0.25, 0.3) is 0 Å². The molecular weight excluding hydrogens is 235 g/mol. The Morgan fingerprint density at radius 1 is 1.40 bits per heavy atom. The van der Waals surface area contributed by atoms with Gasteiger partial charge in [-0.05, 0) is 24.2 Å². The summed E-state index contributed by atoms with van der Waals surface area (Å²) in [6, 6.07) is 0. The molecule has 0 saturated heterocycles. The third kappa shape index (κ3) is 1.49. The van der Waals surface area contributed by atoms with Crippen molar-refractivity contribution in [1.82, 2.24) is 0 Å². The van der Waals surface area contributed by atoms with Crippen molar-refractivity contribution in [2.24, 2.45) is 17.8 Å². The molecule has 0 nitrogen and oxygen atoms in total. The van der Waals surface area contributed by atoms with Crippen molar-refractivity contribution < 1.29 is 0 Å². The highest BCUT2D eigenvalue weighted by Crippen LogP contribution is 2.42. The summed E-state index contributed by atoms with van der Waals surface area (Å²) >= 11 is 2.62. The quantitative estimate of drug-likeness (QED) is 0.495. The predicted molar refractivity (Wildman–Crippen MR) is 54.5 cm³/mol. The molecule has 4 unspecified atom stereocenters. The lowest BCUT2D eigenvalue weighted by Crippen LogP contribution is -2.12. The Labute approximate surface area is 77.9 Å². The minimum Gasteiger partial charge on any atom is -0.0823 e. The zero-order chi connectivity index (χ0) is 7.72. The van der Waals surface area contributed by atoms with Crippen molar-refractivity contribution in [1.29, 1.82) is 0 Å². The van der Waals surface area contributed by atoms with Crippen LogP contribution in [-0.2, 0) is 0 Å². The number of hydrogen-bond donors (Lipinski definition) is 0. The van der Waals surface area contributed by atoms with Gasteiger partial charge in [-0.1, -0.05) is 49.8 Å². The Morgan fingerprint density at radius 2 is 2.00 bits per heavy atom. The second kappa shape index (κ2) is 3.42. The Kier molecular flexibility index (Phi) is 3.02. The third-order valence-corrected chi connectivity index (χ3v) is 4.54. The van der Waals surface area contributed by atoms with Crippen LogP contribution in [0.25, 0.3) is 0 Å². The molecule has 0 amide bonds. The Hall–Kier alpha value is 0.730. The molecule has 0 heterocycles. The summed E-state index contributed by atoms with van der Waals surface area (Å²) in [7, 11) is 0. The number of alkyl halides is 1. The van der Waals surface area contributed by atoms with Crippen molar-refractivity contribution in [3.8, 4) is 0 Å². The van der Waals surface area contributed by atoms with E-state index in [1.54, 1.807) is 0 Å². The first-order chi connectivity index (χ1) is 4.66. The summed E-state index contributed by atoms with van der Waals surface area (Å²) in [5.41, 5.74) is 0. The SMILES string of the molecule is CCC1C(I)CC(C)C1C. The molecule has 60 valence electrons. The van der Waals surface area contributed by atoms with Crippen LogP contribution in [0.15, 0.2) is 0 Å². The molecule has 0 aliphatic heterocycles. The summed E-state index contributed by atoms with van der Waals surface area (Å²) in [4.78, 5) is 0. The highest BCUT2D eigenvalue weighted by Gasteiger charge is 2.35. The smallest absolute Gasteiger partial charge is 0.0143 e. The Morgan fingerprint density at radius 3 is 2.20 bits per heavy atom. The maximum Gasteiger partial charge on any atom is 0.0143 e. The van der Waals surface area contributed by atoms with Crippen molar-refractivity contribution in [3.63, 3.8) is 0 Å². The minimum atomic E-state index is 0.951. The van der Waals surface area contributed by atoms with Gasteiger partial charge in [0.1, 0.15) is 0 Å². The van der Waals surface area contributed by atoms with Crippen molar-refractivity contribution in [2.75, 3.05) is 0 Å². The zero-order valence-electron chi connectivity index (χ0n) is 7.10. The molecule has 0 aromatic carbocycles. The lowest BCUT2D eigenvalue weighted by molar-refractivity contribution is 0.354. The monoisotopic (exact) mass is 252 g/mol. The topological polar surface area (TPSA) is 0 Å². The summed E-state index contributed by atoms with van der Waals surface area (Å²) in [5.74, 6) is 2.93. The molecule has 1 aliphatic rings. The first-order valence-electron chi connectivity index (χ1n) is 4.30. The van der Waals surface area contributed by atoms with E-state index in [1.807, 2.05) is 0 Å². The second-order valence-electron chi connectivity index (χ2n) is 3.66. The van der Waals surface area contributed by atoms with Gasteiger partial charge in [-0.2, -0.15) is 0 Å². The Bertz CT molecular complexity index is 111. The van der Waals surface area contributed by atoms with Crippen molar-refractivity contribution >= 4 is 22.6 Å². The summed E-state index contributed by atoms with van der Waals surface area (Å²) in [5, 5.41) is 0. The third-order valence-electron chi connectivity index (χ3n) is 3.11. The molecule has 4 atom stereocenters. The minimum absolute atomic E-state index is 0.951. The van der Waals surface area contributed by atoms with Gasteiger partial charge in [-0.15, -0.1) is 0 Å². The molecule has 10 heavy (non-hydrogen) atoms. The van der Waals surface area contributed by atoms with E-state index in [0.29, 0.717) is 0 Å². The van der Waals surface area contributed by atoms with E-state index >= 15 is 0 Å². The molecule has 0 radical (unpaired) electrons. The Balaban J connectivity index is 2.55. The molecule has 0 bridgehead atoms. The maximum absolute atomic E-state index is 2.62. The maximum atomic E-state index is 2.62. The van der Waals surface area contributed by atoms with E-state index in [-0.39, 0.29) is 0 Å². The van der Waals surface area contributed by atoms with E-state index in [9.17, 15) is 0 Å². The average molecular weight is 252 g/mol. The van der Waals surface area contributed by atoms with Crippen LogP contribution >= 0.6 is 22.6 Å². The van der Waals surface area contributed by atoms with Crippen LogP contribution < -0.4 is 0 Å². The number of hydrogen-bond acceptors (Lipinski definition) is 0. The first kappa shape index (κ1) is 8.82. The molecule has 0 spiro atoms. The van der Waals surface area contributed by atoms with Gasteiger partial charge in [-0.25, -0.2) is 0 Å². The van der Waals surface area contributed by atoms with Crippen LogP contribution in [0, 0.1) is 17.8 Å². The van der Waals surface area contributed by atoms with Gasteiger partial charge < -0.3 is 0 Å². The predicted octanol–water partition coefficient (Wildman–Crippen LogP) is 3.49. The van der Waals surface area contributed by atoms with Crippen molar-refractivity contribution in [3.05, 3.63) is 0 Å². The van der Waals surface area contributed by atoms with Gasteiger partial charge in [0, 0.05) is 3.92 Å². The van der Waals surface area contributed by atoms with Crippen LogP contribution in [0.5, 0.6) is 0 Å². The highest BCUT2D eigenvalue weighted by atomic mass is 127. The molecule has 0 aromatic rings. The fraction of sp³-hybridized carbons (Fsp3) is 1.00. The number of halogens is 1. The lowest BCUT2D eigenvalue weighted by Gasteiger charge is -2.17. The van der Waals surface area contributed by atoms with Crippen LogP contribution in [0.2, 0.25) is 0 Å². The van der Waals surface area contributed by atoms with E-state index < -0.39 is 0 Å². The fourth-order valence-electron chi connectivity index (χ4n) is 2.12. The normalized spacial score (nSPS) is 48.0. The molecule has 1 heteroatoms. The van der Waals surface area contributed by atoms with Crippen LogP contribution in [0.3, 0.4) is 0 Å². The lowest BCUT2D eigenvalue weighted by atomic mass is 9.91. The van der Waals surface area contributed by atoms with E-state index in [4.69, 9.17) is 0 Å². The number of rotatable bonds is 1. The van der Waals surface area contributed by atoms with Crippen LogP contribution in [-0.4, -0.2) is 3.92 Å². The standard InChI is InChI=1S/C9H17I/c1-4-8-7(3)6(2)5-9(8)10/h6-9H,4-5H2,1-3H3. The highest BCUT2D eigenvalue weighted by molar-refractivity contribution is 14.1. The molecule has 0 aromatic heterocycles. The molecule has 1 aliphatic carbocycles. The molecule has 0 N–H and O–H groups in total. The zero-order valence-corrected chi connectivity index (χ0v) is 9.26. The second-order valence-corrected chi connectivity index (χ2v) is 5.26. The van der Waals surface area contributed by atoms with Gasteiger partial charge in [0.05, 0.1) is 0 Å². The fourth-order valence-corrected chi connectivity index (χ4v) is 4.09. The summed E-state index contributed by atoms with van der Waals surface area (Å²) in [6.45, 7) is 7.13. The van der Waals surface area contributed by atoms with E-state index in [1.165, 1.54) is 12.8 Å². The summed E-state index contributed by atoms with van der Waals surface area (Å²) in [6.07, 6.45) is 2.82. The molecule has 1 rings (SSSR count). The van der Waals surface area contributed by atoms with Gasteiger partial charge in [0.15, 0.2) is 0 Å². The van der Waals surface area contributed by atoms with Crippen LogP contribution in [0.4, 0.5) is 0 Å². The van der Waals surface area contributed by atoms with Crippen LogP contribution in [0.1, 0.15) is 33.6 Å². The largest absolute Gasteiger partial charge is 0.0823 e. The van der Waals surface area contributed by atoms with Gasteiger partial charge >= 0.3 is 0 Å². The van der Waals surface area contributed by atoms with Gasteiger partial charge in [-0.3, -0.25) is 0 Å². The van der Waals surface area contributed by atoms with Gasteiger partial charge in [0.2, 0.25) is 0 Å². The first-order valence-corrected chi connectivity index (χ1v) is 5.55.